The lowest BCUT2D eigenvalue weighted by molar-refractivity contribution is 0.414. The summed E-state index contributed by atoms with van der Waals surface area (Å²) in [7, 11) is 1.66. The van der Waals surface area contributed by atoms with Crippen LogP contribution in [0.5, 0.6) is 5.75 Å². The third kappa shape index (κ3) is 5.54. The van der Waals surface area contributed by atoms with Crippen molar-refractivity contribution in [2.45, 2.75) is 13.0 Å². The number of benzene rings is 2. The highest BCUT2D eigenvalue weighted by Gasteiger charge is 1.99. The normalized spacial score (nSPS) is 10.1. The minimum Gasteiger partial charge on any atom is -0.497 e. The fourth-order valence-corrected chi connectivity index (χ4v) is 2.39. The van der Waals surface area contributed by atoms with E-state index in [0.29, 0.717) is 11.7 Å². The minimum absolute atomic E-state index is 0.651. The number of methoxy groups -OCH3 is 1. The molecule has 116 valence electrons. The van der Waals surface area contributed by atoms with Crippen LogP contribution in [0.4, 0.5) is 0 Å². The maximum atomic E-state index is 5.96. The molecule has 2 aromatic carbocycles. The average molecular weight is 335 g/mol. The van der Waals surface area contributed by atoms with Crippen LogP contribution in [0.2, 0.25) is 5.02 Å². The van der Waals surface area contributed by atoms with Crippen LogP contribution < -0.4 is 15.4 Å². The molecule has 0 aliphatic carbocycles. The first-order chi connectivity index (χ1) is 10.7. The van der Waals surface area contributed by atoms with Gasteiger partial charge in [-0.05, 0) is 54.0 Å². The van der Waals surface area contributed by atoms with Crippen molar-refractivity contribution in [1.29, 1.82) is 0 Å². The molecule has 5 heteroatoms. The molecule has 0 aliphatic rings. The smallest absolute Gasteiger partial charge is 0.166 e. The predicted molar refractivity (Wildman–Crippen MR) is 95.6 cm³/mol. The fraction of sp³-hybridized carbons (Fsp3) is 0.235. The molecule has 0 fully saturated rings. The Kier molecular flexibility index (Phi) is 6.49. The van der Waals surface area contributed by atoms with Gasteiger partial charge in [-0.25, -0.2) is 0 Å². The molecule has 0 saturated heterocycles. The third-order valence-corrected chi connectivity index (χ3v) is 3.72. The van der Waals surface area contributed by atoms with Crippen molar-refractivity contribution < 1.29 is 4.74 Å². The molecule has 0 atom stereocenters. The van der Waals surface area contributed by atoms with Crippen LogP contribution in [-0.2, 0) is 13.0 Å². The van der Waals surface area contributed by atoms with Crippen LogP contribution in [0.25, 0.3) is 0 Å². The number of hydrogen-bond donors (Lipinski definition) is 2. The first-order valence-corrected chi connectivity index (χ1v) is 7.85. The number of hydrogen-bond acceptors (Lipinski definition) is 2. The van der Waals surface area contributed by atoms with Gasteiger partial charge in [-0.15, -0.1) is 0 Å². The van der Waals surface area contributed by atoms with Gasteiger partial charge >= 0.3 is 0 Å². The van der Waals surface area contributed by atoms with Crippen molar-refractivity contribution in [2.75, 3.05) is 13.7 Å². The van der Waals surface area contributed by atoms with Gasteiger partial charge in [0.15, 0.2) is 5.11 Å². The summed E-state index contributed by atoms with van der Waals surface area (Å²) in [5, 5.41) is 7.80. The van der Waals surface area contributed by atoms with Crippen molar-refractivity contribution in [3.05, 3.63) is 64.7 Å². The molecule has 0 aliphatic heterocycles. The highest BCUT2D eigenvalue weighted by molar-refractivity contribution is 7.80. The summed E-state index contributed by atoms with van der Waals surface area (Å²) in [6, 6.07) is 15.8. The molecular weight excluding hydrogens is 316 g/mol. The highest BCUT2D eigenvalue weighted by Crippen LogP contribution is 2.11. The fourth-order valence-electron chi connectivity index (χ4n) is 2.00. The molecule has 2 N–H and O–H groups in total. The maximum absolute atomic E-state index is 5.96. The summed E-state index contributed by atoms with van der Waals surface area (Å²) in [5.41, 5.74) is 2.35. The molecule has 0 saturated carbocycles. The minimum atomic E-state index is 0.651. The molecule has 22 heavy (non-hydrogen) atoms. The molecule has 2 rings (SSSR count). The van der Waals surface area contributed by atoms with Crippen LogP contribution >= 0.6 is 23.8 Å². The Morgan fingerprint density at radius 1 is 1.09 bits per heavy atom. The van der Waals surface area contributed by atoms with Gasteiger partial charge in [0.2, 0.25) is 0 Å². The van der Waals surface area contributed by atoms with Gasteiger partial charge in [0, 0.05) is 18.1 Å². The van der Waals surface area contributed by atoms with Gasteiger partial charge in [-0.2, -0.15) is 0 Å². The Hall–Kier alpha value is -1.78. The lowest BCUT2D eigenvalue weighted by Crippen LogP contribution is -2.35. The number of ether oxygens (including phenoxy) is 1. The molecule has 0 spiro atoms. The van der Waals surface area contributed by atoms with Crippen molar-refractivity contribution >= 4 is 28.9 Å². The molecular formula is C17H19ClN2OS. The Morgan fingerprint density at radius 3 is 2.55 bits per heavy atom. The van der Waals surface area contributed by atoms with Crippen molar-refractivity contribution in [3.8, 4) is 5.75 Å². The van der Waals surface area contributed by atoms with Gasteiger partial charge in [-0.1, -0.05) is 35.9 Å². The second kappa shape index (κ2) is 8.61. The van der Waals surface area contributed by atoms with Gasteiger partial charge in [0.1, 0.15) is 5.75 Å². The Morgan fingerprint density at radius 2 is 1.86 bits per heavy atom. The summed E-state index contributed by atoms with van der Waals surface area (Å²) in [6.07, 6.45) is 0.880. The molecule has 3 nitrogen and oxygen atoms in total. The maximum Gasteiger partial charge on any atom is 0.166 e. The SMILES string of the molecule is COc1ccc(CNC(=S)NCCc2cccc(Cl)c2)cc1. The second-order valence-electron chi connectivity index (χ2n) is 4.84. The molecule has 0 amide bonds. The molecule has 0 radical (unpaired) electrons. The largest absolute Gasteiger partial charge is 0.497 e. The molecule has 0 aromatic heterocycles. The van der Waals surface area contributed by atoms with Gasteiger partial charge in [-0.3, -0.25) is 0 Å². The van der Waals surface area contributed by atoms with Crippen molar-refractivity contribution in [2.24, 2.45) is 0 Å². The van der Waals surface area contributed by atoms with E-state index in [2.05, 4.69) is 16.7 Å². The monoisotopic (exact) mass is 334 g/mol. The van der Waals surface area contributed by atoms with E-state index in [0.717, 1.165) is 29.3 Å². The summed E-state index contributed by atoms with van der Waals surface area (Å²) in [6.45, 7) is 1.46. The van der Waals surface area contributed by atoms with E-state index < -0.39 is 0 Å². The van der Waals surface area contributed by atoms with E-state index in [4.69, 9.17) is 28.6 Å². The quantitative estimate of drug-likeness (QED) is 0.791. The Balaban J connectivity index is 1.69. The topological polar surface area (TPSA) is 33.3 Å². The molecule has 0 heterocycles. The molecule has 0 bridgehead atoms. The standard InChI is InChI=1S/C17H19ClN2OS/c1-21-16-7-5-14(6-8-16)12-20-17(22)19-10-9-13-3-2-4-15(18)11-13/h2-8,11H,9-10,12H2,1H3,(H2,19,20,22). The lowest BCUT2D eigenvalue weighted by Gasteiger charge is -2.11. The van der Waals surface area contributed by atoms with E-state index in [1.54, 1.807) is 7.11 Å². The summed E-state index contributed by atoms with van der Waals surface area (Å²) < 4.78 is 5.13. The lowest BCUT2D eigenvalue weighted by atomic mass is 10.1. The summed E-state index contributed by atoms with van der Waals surface area (Å²) in [5.74, 6) is 0.853. The predicted octanol–water partition coefficient (Wildman–Crippen LogP) is 3.56. The first-order valence-electron chi connectivity index (χ1n) is 7.06. The van der Waals surface area contributed by atoms with Crippen molar-refractivity contribution in [1.82, 2.24) is 10.6 Å². The third-order valence-electron chi connectivity index (χ3n) is 3.20. The zero-order valence-corrected chi connectivity index (χ0v) is 14.0. The Labute approximate surface area is 141 Å². The van der Waals surface area contributed by atoms with Crippen LogP contribution in [0.1, 0.15) is 11.1 Å². The zero-order valence-electron chi connectivity index (χ0n) is 12.4. The average Bonchev–Trinajstić information content (AvgIpc) is 2.53. The number of nitrogens with one attached hydrogen (secondary N) is 2. The van der Waals surface area contributed by atoms with Gasteiger partial charge in [0.25, 0.3) is 0 Å². The number of halogens is 1. The summed E-state index contributed by atoms with van der Waals surface area (Å²) in [4.78, 5) is 0. The molecule has 2 aromatic rings. The first kappa shape index (κ1) is 16.6. The van der Waals surface area contributed by atoms with E-state index in [1.807, 2.05) is 42.5 Å². The zero-order chi connectivity index (χ0) is 15.8. The van der Waals surface area contributed by atoms with Crippen LogP contribution in [-0.4, -0.2) is 18.8 Å². The van der Waals surface area contributed by atoms with E-state index >= 15 is 0 Å². The molecule has 0 unspecified atom stereocenters. The number of thiocarbonyl (C=S) groups is 1. The second-order valence-corrected chi connectivity index (χ2v) is 5.68. The Bertz CT molecular complexity index is 616. The highest BCUT2D eigenvalue weighted by atomic mass is 35.5. The van der Waals surface area contributed by atoms with E-state index in [9.17, 15) is 0 Å². The van der Waals surface area contributed by atoms with Crippen LogP contribution in [0.15, 0.2) is 48.5 Å². The van der Waals surface area contributed by atoms with Gasteiger partial charge < -0.3 is 15.4 Å². The van der Waals surface area contributed by atoms with Crippen LogP contribution in [0, 0.1) is 0 Å². The summed E-state index contributed by atoms with van der Waals surface area (Å²) >= 11 is 11.2. The number of rotatable bonds is 6. The van der Waals surface area contributed by atoms with E-state index in [1.165, 1.54) is 5.56 Å². The van der Waals surface area contributed by atoms with Crippen molar-refractivity contribution in [3.63, 3.8) is 0 Å². The van der Waals surface area contributed by atoms with E-state index in [-0.39, 0.29) is 0 Å². The van der Waals surface area contributed by atoms with Gasteiger partial charge in [0.05, 0.1) is 7.11 Å². The van der Waals surface area contributed by atoms with Crippen LogP contribution in [0.3, 0.4) is 0 Å².